The van der Waals surface area contributed by atoms with Crippen LogP contribution in [0.25, 0.3) is 0 Å². The van der Waals surface area contributed by atoms with Crippen molar-refractivity contribution in [2.45, 2.75) is 37.1 Å². The third-order valence-corrected chi connectivity index (χ3v) is 5.61. The number of anilines is 1. The monoisotopic (exact) mass is 451 g/mol. The molecule has 2 atom stereocenters. The van der Waals surface area contributed by atoms with Crippen LogP contribution in [0.4, 0.5) is 18.9 Å². The molecule has 3 rings (SSSR count). The lowest BCUT2D eigenvalue weighted by atomic mass is 9.90. The van der Waals surface area contributed by atoms with Crippen LogP contribution < -0.4 is 9.64 Å². The number of nitrogens with zero attached hydrogens (tertiary/aromatic N) is 1. The molecule has 31 heavy (non-hydrogen) atoms. The van der Waals surface area contributed by atoms with Gasteiger partial charge in [0.1, 0.15) is 11.3 Å². The van der Waals surface area contributed by atoms with Crippen LogP contribution in [0, 0.1) is 12.3 Å². The van der Waals surface area contributed by atoms with Gasteiger partial charge in [-0.3, -0.25) is 9.69 Å². The summed E-state index contributed by atoms with van der Waals surface area (Å²) in [6.07, 6.45) is 0.997. The van der Waals surface area contributed by atoms with Gasteiger partial charge in [0, 0.05) is 5.69 Å². The summed E-state index contributed by atoms with van der Waals surface area (Å²) in [6.45, 7) is 0. The van der Waals surface area contributed by atoms with Crippen molar-refractivity contribution in [2.75, 3.05) is 4.90 Å². The number of rotatable bonds is 5. The summed E-state index contributed by atoms with van der Waals surface area (Å²) in [5.41, 5.74) is -0.788. The molecule has 162 valence electrons. The second-order valence-corrected chi connectivity index (χ2v) is 7.54. The van der Waals surface area contributed by atoms with Crippen molar-refractivity contribution < 1.29 is 32.6 Å². The van der Waals surface area contributed by atoms with Crippen LogP contribution in [0.2, 0.25) is 5.02 Å². The van der Waals surface area contributed by atoms with Crippen LogP contribution in [0.1, 0.15) is 30.7 Å². The molecule has 0 bridgehead atoms. The van der Waals surface area contributed by atoms with E-state index >= 15 is 0 Å². The normalized spacial score (nSPS) is 20.7. The molecule has 0 aliphatic heterocycles. The van der Waals surface area contributed by atoms with Gasteiger partial charge in [0.2, 0.25) is 0 Å². The highest BCUT2D eigenvalue weighted by Crippen LogP contribution is 2.47. The van der Waals surface area contributed by atoms with Crippen LogP contribution in [0.15, 0.2) is 48.5 Å². The van der Waals surface area contributed by atoms with E-state index in [4.69, 9.17) is 18.0 Å². The van der Waals surface area contributed by atoms with Gasteiger partial charge in [-0.15, -0.1) is 19.6 Å². The highest BCUT2D eigenvalue weighted by Gasteiger charge is 2.52. The van der Waals surface area contributed by atoms with Gasteiger partial charge >= 0.3 is 18.2 Å². The highest BCUT2D eigenvalue weighted by molar-refractivity contribution is 6.32. The molecule has 1 saturated carbocycles. The number of amides is 1. The molecule has 9 heteroatoms. The summed E-state index contributed by atoms with van der Waals surface area (Å²) < 4.78 is 41.4. The van der Waals surface area contributed by atoms with Gasteiger partial charge in [-0.1, -0.05) is 41.9 Å². The number of hydrogen-bond acceptors (Lipinski definition) is 3. The summed E-state index contributed by atoms with van der Waals surface area (Å²) >= 11 is 5.92. The van der Waals surface area contributed by atoms with E-state index in [0.717, 1.165) is 28.7 Å². The smallest absolute Gasteiger partial charge is 0.479 e. The fourth-order valence-electron chi connectivity index (χ4n) is 3.99. The van der Waals surface area contributed by atoms with E-state index in [0.29, 0.717) is 6.42 Å². The molecule has 2 aromatic carbocycles. The number of terminal acetylenes is 1. The molecule has 0 heterocycles. The van der Waals surface area contributed by atoms with Crippen molar-refractivity contribution in [3.63, 3.8) is 0 Å². The molecule has 2 unspecified atom stereocenters. The Labute approximate surface area is 181 Å². The minimum Gasteiger partial charge on any atom is -0.479 e. The molecule has 1 N–H and O–H groups in total. The standard InChI is InChI=1S/C22H17ClF3NO4/c1-2-19(28)27(16-8-9-18(17(23)12-16)31-22(24,25)26)21(20(29)30)11-10-15(13-21)14-6-4-3-5-7-14/h1,3-9,12,15H,10-11,13H2,(H,29,30). The molecule has 0 saturated heterocycles. The number of alkyl halides is 3. The topological polar surface area (TPSA) is 66.8 Å². The minimum atomic E-state index is -4.96. The molecule has 0 aromatic heterocycles. The lowest BCUT2D eigenvalue weighted by Crippen LogP contribution is -2.56. The Bertz CT molecular complexity index is 1040. The number of carboxylic acids is 1. The Hall–Kier alpha value is -3.18. The fraction of sp³-hybridized carbons (Fsp3) is 0.273. The van der Waals surface area contributed by atoms with E-state index in [1.165, 1.54) is 0 Å². The number of carbonyl (C=O) groups excluding carboxylic acids is 1. The van der Waals surface area contributed by atoms with E-state index < -0.39 is 34.5 Å². The van der Waals surface area contributed by atoms with Gasteiger partial charge in [-0.2, -0.15) is 0 Å². The molecule has 0 spiro atoms. The van der Waals surface area contributed by atoms with Crippen LogP contribution in [0.5, 0.6) is 5.75 Å². The van der Waals surface area contributed by atoms with Crippen LogP contribution in [0.3, 0.4) is 0 Å². The predicted molar refractivity (Wildman–Crippen MR) is 108 cm³/mol. The first-order valence-corrected chi connectivity index (χ1v) is 9.59. The van der Waals surface area contributed by atoms with Crippen molar-refractivity contribution in [2.24, 2.45) is 0 Å². The molecule has 1 aliphatic carbocycles. The predicted octanol–water partition coefficient (Wildman–Crippen LogP) is 5.00. The van der Waals surface area contributed by atoms with Crippen molar-refractivity contribution in [1.82, 2.24) is 0 Å². The molecule has 5 nitrogen and oxygen atoms in total. The van der Waals surface area contributed by atoms with E-state index in [2.05, 4.69) is 4.74 Å². The van der Waals surface area contributed by atoms with Crippen LogP contribution in [-0.4, -0.2) is 28.9 Å². The second kappa shape index (κ2) is 8.52. The third-order valence-electron chi connectivity index (χ3n) is 5.31. The Morgan fingerprint density at radius 1 is 1.23 bits per heavy atom. The lowest BCUT2D eigenvalue weighted by molar-refractivity contribution is -0.274. The molecular weight excluding hydrogens is 435 g/mol. The maximum absolute atomic E-state index is 12.6. The Morgan fingerprint density at radius 2 is 1.90 bits per heavy atom. The van der Waals surface area contributed by atoms with Crippen molar-refractivity contribution in [1.29, 1.82) is 0 Å². The van der Waals surface area contributed by atoms with Gasteiger partial charge in [0.25, 0.3) is 0 Å². The van der Waals surface area contributed by atoms with Gasteiger partial charge in [0.15, 0.2) is 0 Å². The van der Waals surface area contributed by atoms with Gasteiger partial charge in [-0.25, -0.2) is 4.79 Å². The zero-order valence-corrected chi connectivity index (χ0v) is 16.8. The molecule has 1 amide bonds. The SMILES string of the molecule is C#CC(=O)N(c1ccc(OC(F)(F)F)c(Cl)c1)C1(C(=O)O)CCC(c2ccccc2)C1. The zero-order valence-electron chi connectivity index (χ0n) is 16.0. The van der Waals surface area contributed by atoms with E-state index in [-0.39, 0.29) is 24.4 Å². The third kappa shape index (κ3) is 4.62. The first-order chi connectivity index (χ1) is 14.6. The average Bonchev–Trinajstić information content (AvgIpc) is 3.16. The maximum atomic E-state index is 12.6. The number of carboxylic acid groups (broad SMARTS) is 1. The van der Waals surface area contributed by atoms with Crippen molar-refractivity contribution >= 4 is 29.2 Å². The van der Waals surface area contributed by atoms with Crippen molar-refractivity contribution in [3.05, 3.63) is 59.1 Å². The second-order valence-electron chi connectivity index (χ2n) is 7.13. The van der Waals surface area contributed by atoms with Gasteiger partial charge in [0.05, 0.1) is 5.02 Å². The minimum absolute atomic E-state index is 0.0291. The molecule has 0 radical (unpaired) electrons. The van der Waals surface area contributed by atoms with E-state index in [9.17, 15) is 27.9 Å². The van der Waals surface area contributed by atoms with E-state index in [1.807, 2.05) is 36.3 Å². The number of carbonyl (C=O) groups is 2. The summed E-state index contributed by atoms with van der Waals surface area (Å²) in [7, 11) is 0. The van der Waals surface area contributed by atoms with Crippen LogP contribution >= 0.6 is 11.6 Å². The first-order valence-electron chi connectivity index (χ1n) is 9.22. The Morgan fingerprint density at radius 3 is 2.45 bits per heavy atom. The largest absolute Gasteiger partial charge is 0.573 e. The van der Waals surface area contributed by atoms with Gasteiger partial charge in [-0.05, 0) is 54.9 Å². The Kier molecular flexibility index (Phi) is 6.18. The number of hydrogen-bond donors (Lipinski definition) is 1. The molecule has 1 aliphatic rings. The number of aliphatic carboxylic acids is 1. The van der Waals surface area contributed by atoms with E-state index in [1.54, 1.807) is 0 Å². The average molecular weight is 452 g/mol. The summed E-state index contributed by atoms with van der Waals surface area (Å²) in [5, 5.41) is 9.67. The van der Waals surface area contributed by atoms with Crippen molar-refractivity contribution in [3.8, 4) is 18.1 Å². The number of ether oxygens (including phenoxy) is 1. The van der Waals surface area contributed by atoms with Crippen LogP contribution in [-0.2, 0) is 9.59 Å². The van der Waals surface area contributed by atoms with Gasteiger partial charge < -0.3 is 9.84 Å². The summed E-state index contributed by atoms with van der Waals surface area (Å²) in [4.78, 5) is 26.0. The fourth-order valence-corrected chi connectivity index (χ4v) is 4.20. The maximum Gasteiger partial charge on any atom is 0.573 e. The zero-order chi connectivity index (χ0) is 22.8. The summed E-state index contributed by atoms with van der Waals surface area (Å²) in [6, 6.07) is 12.3. The highest BCUT2D eigenvalue weighted by atomic mass is 35.5. The summed E-state index contributed by atoms with van der Waals surface area (Å²) in [5.74, 6) is -1.10. The molecule has 1 fully saturated rings. The lowest BCUT2D eigenvalue weighted by Gasteiger charge is -2.37. The quantitative estimate of drug-likeness (QED) is 0.650. The molecule has 2 aromatic rings. The number of halogens is 4. The Balaban J connectivity index is 2.03. The number of benzene rings is 2. The molecular formula is C22H17ClF3NO4. The first kappa shape index (κ1) is 22.5.